The van der Waals surface area contributed by atoms with Crippen LogP contribution in [0.5, 0.6) is 0 Å². The van der Waals surface area contributed by atoms with E-state index in [2.05, 4.69) is 58.6 Å². The minimum absolute atomic E-state index is 0.959. The monoisotopic (exact) mass is 284 g/mol. The second-order valence-electron chi connectivity index (χ2n) is 3.97. The van der Waals surface area contributed by atoms with E-state index in [4.69, 9.17) is 0 Å². The van der Waals surface area contributed by atoms with Gasteiger partial charge in [0.2, 0.25) is 0 Å². The molecule has 3 heteroatoms. The lowest BCUT2D eigenvalue weighted by Gasteiger charge is -2.07. The van der Waals surface area contributed by atoms with Crippen molar-refractivity contribution in [3.8, 4) is 0 Å². The maximum absolute atomic E-state index is 3.51. The van der Waals surface area contributed by atoms with Gasteiger partial charge in [0.05, 0.1) is 0 Å². The molecule has 0 saturated carbocycles. The summed E-state index contributed by atoms with van der Waals surface area (Å²) in [4.78, 5) is 0. The second-order valence-corrected chi connectivity index (χ2v) is 4.82. The molecule has 0 unspecified atom stereocenters. The van der Waals surface area contributed by atoms with Crippen molar-refractivity contribution < 1.29 is 0 Å². The molecule has 0 aliphatic heterocycles. The number of nitrogens with one attached hydrogen (secondary N) is 2. The van der Waals surface area contributed by atoms with E-state index in [9.17, 15) is 0 Å². The molecule has 0 fully saturated rings. The molecule has 0 aliphatic rings. The Morgan fingerprint density at radius 2 is 1.94 bits per heavy atom. The van der Waals surface area contributed by atoms with Crippen LogP contribution in [0.2, 0.25) is 0 Å². The van der Waals surface area contributed by atoms with Crippen LogP contribution in [0.25, 0.3) is 0 Å². The number of rotatable bonds is 7. The lowest BCUT2D eigenvalue weighted by atomic mass is 10.1. The minimum atomic E-state index is 0.959. The molecule has 0 aromatic heterocycles. The van der Waals surface area contributed by atoms with Gasteiger partial charge in [0, 0.05) is 11.0 Å². The third-order valence-corrected chi connectivity index (χ3v) is 3.40. The van der Waals surface area contributed by atoms with E-state index >= 15 is 0 Å². The van der Waals surface area contributed by atoms with Crippen molar-refractivity contribution in [2.45, 2.75) is 26.8 Å². The zero-order chi connectivity index (χ0) is 11.8. The Kier molecular flexibility index (Phi) is 6.69. The number of hydrogen-bond acceptors (Lipinski definition) is 2. The van der Waals surface area contributed by atoms with E-state index in [0.717, 1.165) is 26.2 Å². The summed E-state index contributed by atoms with van der Waals surface area (Å²) in [5.74, 6) is 0. The van der Waals surface area contributed by atoms with E-state index in [0.29, 0.717) is 0 Å². The van der Waals surface area contributed by atoms with Crippen molar-refractivity contribution in [2.75, 3.05) is 19.6 Å². The summed E-state index contributed by atoms with van der Waals surface area (Å²) in [5, 5.41) is 6.77. The molecule has 0 amide bonds. The largest absolute Gasteiger partial charge is 0.317 e. The van der Waals surface area contributed by atoms with Crippen molar-refractivity contribution in [1.29, 1.82) is 0 Å². The van der Waals surface area contributed by atoms with E-state index in [1.807, 2.05) is 0 Å². The van der Waals surface area contributed by atoms with Crippen LogP contribution in [0.15, 0.2) is 22.7 Å². The maximum Gasteiger partial charge on any atom is 0.0205 e. The average Bonchev–Trinajstić information content (AvgIpc) is 2.28. The molecule has 0 saturated heterocycles. The molecule has 2 nitrogen and oxygen atoms in total. The molecule has 2 N–H and O–H groups in total. The number of hydrogen-bond donors (Lipinski definition) is 2. The van der Waals surface area contributed by atoms with Gasteiger partial charge in [0.25, 0.3) is 0 Å². The molecule has 1 rings (SSSR count). The SMILES string of the molecule is CCNCCCNCc1ccc(Br)c(C)c1. The maximum atomic E-state index is 3.51. The molecule has 0 heterocycles. The van der Waals surface area contributed by atoms with E-state index in [-0.39, 0.29) is 0 Å². The Morgan fingerprint density at radius 1 is 1.19 bits per heavy atom. The fourth-order valence-electron chi connectivity index (χ4n) is 1.56. The van der Waals surface area contributed by atoms with Crippen LogP contribution in [0, 0.1) is 6.92 Å². The van der Waals surface area contributed by atoms with Crippen LogP contribution in [0.1, 0.15) is 24.5 Å². The topological polar surface area (TPSA) is 24.1 Å². The van der Waals surface area contributed by atoms with Crippen LogP contribution >= 0.6 is 15.9 Å². The molecule has 1 aromatic carbocycles. The van der Waals surface area contributed by atoms with Gasteiger partial charge < -0.3 is 10.6 Å². The smallest absolute Gasteiger partial charge is 0.0205 e. The van der Waals surface area contributed by atoms with Gasteiger partial charge in [-0.25, -0.2) is 0 Å². The van der Waals surface area contributed by atoms with Crippen molar-refractivity contribution in [3.63, 3.8) is 0 Å². The van der Waals surface area contributed by atoms with Crippen molar-refractivity contribution in [3.05, 3.63) is 33.8 Å². The van der Waals surface area contributed by atoms with E-state index in [1.165, 1.54) is 22.0 Å². The zero-order valence-electron chi connectivity index (χ0n) is 10.1. The summed E-state index contributed by atoms with van der Waals surface area (Å²) in [6, 6.07) is 6.50. The Labute approximate surface area is 107 Å². The molecule has 0 aliphatic carbocycles. The molecular formula is C13H21BrN2. The van der Waals surface area contributed by atoms with Crippen LogP contribution < -0.4 is 10.6 Å². The summed E-state index contributed by atoms with van der Waals surface area (Å²) in [6.07, 6.45) is 1.18. The number of halogens is 1. The third-order valence-electron chi connectivity index (χ3n) is 2.51. The second kappa shape index (κ2) is 7.82. The predicted octanol–water partition coefficient (Wildman–Crippen LogP) is 2.85. The molecule has 0 spiro atoms. The van der Waals surface area contributed by atoms with Crippen molar-refractivity contribution in [2.24, 2.45) is 0 Å². The molecule has 0 bridgehead atoms. The van der Waals surface area contributed by atoms with Gasteiger partial charge in [-0.05, 0) is 50.2 Å². The van der Waals surface area contributed by atoms with Gasteiger partial charge in [-0.2, -0.15) is 0 Å². The lowest BCUT2D eigenvalue weighted by Crippen LogP contribution is -2.21. The Bertz CT molecular complexity index is 313. The summed E-state index contributed by atoms with van der Waals surface area (Å²) in [7, 11) is 0. The highest BCUT2D eigenvalue weighted by Crippen LogP contribution is 2.16. The standard InChI is InChI=1S/C13H21BrN2/c1-3-15-7-4-8-16-10-12-5-6-13(14)11(2)9-12/h5-6,9,15-16H,3-4,7-8,10H2,1-2H3. The highest BCUT2D eigenvalue weighted by molar-refractivity contribution is 9.10. The van der Waals surface area contributed by atoms with Gasteiger partial charge >= 0.3 is 0 Å². The summed E-state index contributed by atoms with van der Waals surface area (Å²) in [6.45, 7) is 8.45. The molecule has 0 radical (unpaired) electrons. The highest BCUT2D eigenvalue weighted by atomic mass is 79.9. The fourth-order valence-corrected chi connectivity index (χ4v) is 1.81. The first kappa shape index (κ1) is 13.7. The Balaban J connectivity index is 2.19. The number of aryl methyl sites for hydroxylation is 1. The molecule has 0 atom stereocenters. The minimum Gasteiger partial charge on any atom is -0.317 e. The van der Waals surface area contributed by atoms with Gasteiger partial charge in [0.15, 0.2) is 0 Å². The fraction of sp³-hybridized carbons (Fsp3) is 0.538. The zero-order valence-corrected chi connectivity index (χ0v) is 11.7. The van der Waals surface area contributed by atoms with Crippen molar-refractivity contribution >= 4 is 15.9 Å². The first-order chi connectivity index (χ1) is 7.74. The van der Waals surface area contributed by atoms with Gasteiger partial charge in [-0.1, -0.05) is 35.0 Å². The van der Waals surface area contributed by atoms with Crippen LogP contribution in [-0.2, 0) is 6.54 Å². The van der Waals surface area contributed by atoms with Crippen LogP contribution in [0.3, 0.4) is 0 Å². The van der Waals surface area contributed by atoms with Gasteiger partial charge in [-0.3, -0.25) is 0 Å². The van der Waals surface area contributed by atoms with Gasteiger partial charge in [-0.15, -0.1) is 0 Å². The van der Waals surface area contributed by atoms with Gasteiger partial charge in [0.1, 0.15) is 0 Å². The Hall–Kier alpha value is -0.380. The summed E-state index contributed by atoms with van der Waals surface area (Å²) >= 11 is 3.51. The Morgan fingerprint density at radius 3 is 2.62 bits per heavy atom. The van der Waals surface area contributed by atoms with E-state index < -0.39 is 0 Å². The molecule has 90 valence electrons. The van der Waals surface area contributed by atoms with Crippen LogP contribution in [-0.4, -0.2) is 19.6 Å². The van der Waals surface area contributed by atoms with Crippen molar-refractivity contribution in [1.82, 2.24) is 10.6 Å². The molecular weight excluding hydrogens is 264 g/mol. The highest BCUT2D eigenvalue weighted by Gasteiger charge is 1.96. The lowest BCUT2D eigenvalue weighted by molar-refractivity contribution is 0.606. The normalized spacial score (nSPS) is 10.7. The van der Waals surface area contributed by atoms with E-state index in [1.54, 1.807) is 0 Å². The molecule has 1 aromatic rings. The average molecular weight is 285 g/mol. The summed E-state index contributed by atoms with van der Waals surface area (Å²) < 4.78 is 1.18. The predicted molar refractivity (Wildman–Crippen MR) is 73.7 cm³/mol. The molecule has 16 heavy (non-hydrogen) atoms. The first-order valence-corrected chi connectivity index (χ1v) is 6.69. The van der Waals surface area contributed by atoms with Crippen LogP contribution in [0.4, 0.5) is 0 Å². The summed E-state index contributed by atoms with van der Waals surface area (Å²) in [5.41, 5.74) is 2.65. The number of benzene rings is 1. The quantitative estimate of drug-likeness (QED) is 0.753. The first-order valence-electron chi connectivity index (χ1n) is 5.90. The third kappa shape index (κ3) is 5.10.